The molecule has 0 saturated carbocycles. The van der Waals surface area contributed by atoms with E-state index in [-0.39, 0.29) is 11.3 Å². The number of piperidine rings is 1. The third-order valence-corrected chi connectivity index (χ3v) is 4.53. The molecule has 126 valence electrons. The Morgan fingerprint density at radius 1 is 1.39 bits per heavy atom. The Balaban J connectivity index is 1.55. The van der Waals surface area contributed by atoms with Gasteiger partial charge in [0.25, 0.3) is 5.91 Å². The molecule has 2 fully saturated rings. The third-order valence-electron chi connectivity index (χ3n) is 4.34. The number of nitrogens with two attached hydrogens (primary N) is 1. The quantitative estimate of drug-likeness (QED) is 0.867. The van der Waals surface area contributed by atoms with E-state index in [2.05, 4.69) is 10.2 Å². The zero-order valence-corrected chi connectivity index (χ0v) is 13.7. The van der Waals surface area contributed by atoms with Crippen LogP contribution >= 0.6 is 11.6 Å². The fourth-order valence-corrected chi connectivity index (χ4v) is 3.14. The van der Waals surface area contributed by atoms with Gasteiger partial charge in [-0.25, -0.2) is 0 Å². The summed E-state index contributed by atoms with van der Waals surface area (Å²) in [6.45, 7) is 3.92. The summed E-state index contributed by atoms with van der Waals surface area (Å²) in [4.78, 5) is 13.6. The molecule has 2 aliphatic heterocycles. The van der Waals surface area contributed by atoms with E-state index in [9.17, 15) is 4.79 Å². The lowest BCUT2D eigenvalue weighted by atomic mass is 10.1. The maximum absolute atomic E-state index is 11.6. The van der Waals surface area contributed by atoms with Gasteiger partial charge in [0.1, 0.15) is 0 Å². The largest absolute Gasteiger partial charge is 0.381 e. The highest BCUT2D eigenvalue weighted by molar-refractivity contribution is 6.29. The summed E-state index contributed by atoms with van der Waals surface area (Å²) in [6, 6.07) is 1.47. The first-order valence-electron chi connectivity index (χ1n) is 7.91. The number of rotatable bonds is 5. The van der Waals surface area contributed by atoms with Crippen LogP contribution in [0, 0.1) is 5.92 Å². The molecule has 23 heavy (non-hydrogen) atoms. The molecular weight excluding hydrogens is 320 g/mol. The lowest BCUT2D eigenvalue weighted by Crippen LogP contribution is -2.39. The first-order chi connectivity index (χ1) is 11.1. The monoisotopic (exact) mass is 340 g/mol. The van der Waals surface area contributed by atoms with Crippen molar-refractivity contribution in [1.29, 1.82) is 0 Å². The van der Waals surface area contributed by atoms with Crippen molar-refractivity contribution in [3.8, 4) is 0 Å². The van der Waals surface area contributed by atoms with Crippen LogP contribution in [0.25, 0.3) is 0 Å². The number of carbonyl (C=O) groups is 1. The molecule has 1 aromatic rings. The molecule has 0 spiro atoms. The lowest BCUT2D eigenvalue weighted by molar-refractivity contribution is 0.0131. The Bertz CT molecular complexity index is 558. The molecule has 8 heteroatoms. The number of halogens is 1. The number of amides is 1. The van der Waals surface area contributed by atoms with Gasteiger partial charge in [-0.15, -0.1) is 10.2 Å². The van der Waals surface area contributed by atoms with Crippen LogP contribution < -0.4 is 10.6 Å². The lowest BCUT2D eigenvalue weighted by Gasteiger charge is -2.33. The van der Waals surface area contributed by atoms with Gasteiger partial charge in [0.05, 0.1) is 24.9 Å². The van der Waals surface area contributed by atoms with Crippen LogP contribution in [0.5, 0.6) is 0 Å². The molecule has 0 radical (unpaired) electrons. The van der Waals surface area contributed by atoms with Crippen LogP contribution in [-0.4, -0.2) is 55.1 Å². The van der Waals surface area contributed by atoms with Crippen molar-refractivity contribution >= 4 is 23.3 Å². The van der Waals surface area contributed by atoms with E-state index < -0.39 is 5.91 Å². The van der Waals surface area contributed by atoms with Gasteiger partial charge in [0.15, 0.2) is 11.0 Å². The molecule has 0 aliphatic carbocycles. The number of primary amides is 1. The summed E-state index contributed by atoms with van der Waals surface area (Å²) in [6.07, 6.45) is 3.09. The predicted octanol–water partition coefficient (Wildman–Crippen LogP) is 1.25. The maximum Gasteiger partial charge on any atom is 0.252 e. The molecule has 1 atom stereocenters. The zero-order chi connectivity index (χ0) is 16.2. The van der Waals surface area contributed by atoms with E-state index >= 15 is 0 Å². The average Bonchev–Trinajstić information content (AvgIpc) is 3.07. The first-order valence-corrected chi connectivity index (χ1v) is 8.28. The Morgan fingerprint density at radius 3 is 2.83 bits per heavy atom. The van der Waals surface area contributed by atoms with Crippen LogP contribution in [0.2, 0.25) is 5.15 Å². The SMILES string of the molecule is NC(=O)c1cc(Cl)nnc1N1CCC(OCC2CCOC2)CC1. The summed E-state index contributed by atoms with van der Waals surface area (Å²) in [5.41, 5.74) is 5.72. The topological polar surface area (TPSA) is 90.6 Å². The van der Waals surface area contributed by atoms with E-state index in [0.717, 1.165) is 52.2 Å². The normalized spacial score (nSPS) is 22.5. The van der Waals surface area contributed by atoms with Gasteiger partial charge in [-0.2, -0.15) is 0 Å². The van der Waals surface area contributed by atoms with Gasteiger partial charge >= 0.3 is 0 Å². The van der Waals surface area contributed by atoms with Crippen LogP contribution in [0.1, 0.15) is 29.6 Å². The zero-order valence-electron chi connectivity index (χ0n) is 12.9. The molecule has 0 bridgehead atoms. The van der Waals surface area contributed by atoms with E-state index in [1.807, 2.05) is 4.90 Å². The molecule has 1 amide bonds. The number of carbonyl (C=O) groups excluding carboxylic acids is 1. The third kappa shape index (κ3) is 4.10. The number of ether oxygens (including phenoxy) is 2. The Kier molecular flexibility index (Phi) is 5.30. The smallest absolute Gasteiger partial charge is 0.252 e. The summed E-state index contributed by atoms with van der Waals surface area (Å²) >= 11 is 5.80. The van der Waals surface area contributed by atoms with Gasteiger partial charge in [-0.1, -0.05) is 11.6 Å². The van der Waals surface area contributed by atoms with Gasteiger partial charge in [0, 0.05) is 25.6 Å². The second-order valence-electron chi connectivity index (χ2n) is 6.02. The van der Waals surface area contributed by atoms with Gasteiger partial charge < -0.3 is 20.1 Å². The minimum absolute atomic E-state index is 0.166. The summed E-state index contributed by atoms with van der Waals surface area (Å²) in [7, 11) is 0. The van der Waals surface area contributed by atoms with Crippen LogP contribution in [0.15, 0.2) is 6.07 Å². The fourth-order valence-electron chi connectivity index (χ4n) is 3.00. The minimum atomic E-state index is -0.545. The summed E-state index contributed by atoms with van der Waals surface area (Å²) < 4.78 is 11.4. The molecule has 2 saturated heterocycles. The van der Waals surface area contributed by atoms with Crippen LogP contribution in [0.4, 0.5) is 5.82 Å². The molecule has 2 N–H and O–H groups in total. The van der Waals surface area contributed by atoms with Crippen LogP contribution in [-0.2, 0) is 9.47 Å². The van der Waals surface area contributed by atoms with Crippen LogP contribution in [0.3, 0.4) is 0 Å². The van der Waals surface area contributed by atoms with Gasteiger partial charge in [-0.3, -0.25) is 4.79 Å². The highest BCUT2D eigenvalue weighted by atomic mass is 35.5. The van der Waals surface area contributed by atoms with Crippen molar-refractivity contribution in [3.63, 3.8) is 0 Å². The minimum Gasteiger partial charge on any atom is -0.381 e. The van der Waals surface area contributed by atoms with E-state index in [4.69, 9.17) is 26.8 Å². The predicted molar refractivity (Wildman–Crippen MR) is 85.7 cm³/mol. The van der Waals surface area contributed by atoms with Crippen molar-refractivity contribution in [2.24, 2.45) is 11.7 Å². The Hall–Kier alpha value is -1.44. The number of hydrogen-bond donors (Lipinski definition) is 1. The Labute approximate surface area is 140 Å². The molecule has 1 aromatic heterocycles. The second kappa shape index (κ2) is 7.42. The van der Waals surface area contributed by atoms with Crippen molar-refractivity contribution in [1.82, 2.24) is 10.2 Å². The molecule has 3 heterocycles. The fraction of sp³-hybridized carbons (Fsp3) is 0.667. The highest BCUT2D eigenvalue weighted by Gasteiger charge is 2.25. The van der Waals surface area contributed by atoms with E-state index in [0.29, 0.717) is 17.3 Å². The molecule has 7 nitrogen and oxygen atoms in total. The summed E-state index contributed by atoms with van der Waals surface area (Å²) in [5, 5.41) is 8.04. The molecule has 2 aliphatic rings. The molecule has 3 rings (SSSR count). The molecule has 1 unspecified atom stereocenters. The molecule has 0 aromatic carbocycles. The van der Waals surface area contributed by atoms with Crippen molar-refractivity contribution < 1.29 is 14.3 Å². The Morgan fingerprint density at radius 2 is 2.17 bits per heavy atom. The number of hydrogen-bond acceptors (Lipinski definition) is 6. The number of nitrogens with zero attached hydrogens (tertiary/aromatic N) is 3. The van der Waals surface area contributed by atoms with Crippen molar-refractivity contribution in [2.45, 2.75) is 25.4 Å². The molecular formula is C15H21ClN4O3. The second-order valence-corrected chi connectivity index (χ2v) is 6.41. The van der Waals surface area contributed by atoms with Gasteiger partial charge in [0.2, 0.25) is 0 Å². The van der Waals surface area contributed by atoms with E-state index in [1.165, 1.54) is 6.07 Å². The van der Waals surface area contributed by atoms with Crippen molar-refractivity contribution in [2.75, 3.05) is 37.8 Å². The first kappa shape index (κ1) is 16.4. The van der Waals surface area contributed by atoms with Crippen molar-refractivity contribution in [3.05, 3.63) is 16.8 Å². The maximum atomic E-state index is 11.6. The summed E-state index contributed by atoms with van der Waals surface area (Å²) in [5.74, 6) is 0.484. The average molecular weight is 341 g/mol. The van der Waals surface area contributed by atoms with Gasteiger partial charge in [-0.05, 0) is 25.3 Å². The standard InChI is InChI=1S/C15H21ClN4O3/c16-13-7-12(14(17)21)15(19-18-13)20-4-1-11(2-5-20)23-9-10-3-6-22-8-10/h7,10-11H,1-6,8-9H2,(H2,17,21). The highest BCUT2D eigenvalue weighted by Crippen LogP contribution is 2.24. The number of aromatic nitrogens is 2. The van der Waals surface area contributed by atoms with E-state index in [1.54, 1.807) is 0 Å². The number of anilines is 1.